The van der Waals surface area contributed by atoms with Crippen molar-refractivity contribution in [2.24, 2.45) is 0 Å². The number of rotatable bonds is 8. The molecule has 1 aliphatic rings. The van der Waals surface area contributed by atoms with Crippen molar-refractivity contribution < 1.29 is 22.8 Å². The Morgan fingerprint density at radius 1 is 1.17 bits per heavy atom. The van der Waals surface area contributed by atoms with Crippen LogP contribution in [-0.2, 0) is 17.4 Å². The van der Waals surface area contributed by atoms with Crippen molar-refractivity contribution in [1.82, 2.24) is 4.90 Å². The van der Waals surface area contributed by atoms with Crippen molar-refractivity contribution >= 4 is 40.9 Å². The van der Waals surface area contributed by atoms with Gasteiger partial charge in [0.1, 0.15) is 11.8 Å². The molecule has 0 atom stereocenters. The summed E-state index contributed by atoms with van der Waals surface area (Å²) >= 11 is 5.60. The highest BCUT2D eigenvalue weighted by Crippen LogP contribution is 2.40. The van der Waals surface area contributed by atoms with Crippen LogP contribution >= 0.6 is 12.2 Å². The number of nitriles is 1. The smallest absolute Gasteiger partial charge is 0.307 e. The van der Waals surface area contributed by atoms with E-state index in [4.69, 9.17) is 17.5 Å². The Morgan fingerprint density at radius 3 is 2.42 bits per heavy atom. The number of aldehydes is 1. The van der Waals surface area contributed by atoms with E-state index in [9.17, 15) is 22.8 Å². The summed E-state index contributed by atoms with van der Waals surface area (Å²) in [6, 6.07) is 9.77. The van der Waals surface area contributed by atoms with Crippen LogP contribution in [-0.4, -0.2) is 47.9 Å². The van der Waals surface area contributed by atoms with Gasteiger partial charge < -0.3 is 9.80 Å². The molecule has 2 aromatic carbocycles. The van der Waals surface area contributed by atoms with Gasteiger partial charge in [0, 0.05) is 11.3 Å². The van der Waals surface area contributed by atoms with Crippen LogP contribution in [0.5, 0.6) is 0 Å². The summed E-state index contributed by atoms with van der Waals surface area (Å²) < 4.78 is 40.7. The number of anilines is 2. The third-order valence-electron chi connectivity index (χ3n) is 6.39. The molecule has 1 aliphatic heterocycles. The SMILES string of the molecule is CCN(C)CCCc1cc(N2C(=S)N(c3ccc(C#N)c(C(F)(F)F)c3)C(=O)C2(C)C)ccc1C=O. The van der Waals surface area contributed by atoms with Gasteiger partial charge >= 0.3 is 6.18 Å². The molecular weight excluding hydrogens is 489 g/mol. The summed E-state index contributed by atoms with van der Waals surface area (Å²) in [5.74, 6) is -0.504. The number of amides is 1. The highest BCUT2D eigenvalue weighted by Gasteiger charge is 2.50. The molecule has 36 heavy (non-hydrogen) atoms. The van der Waals surface area contributed by atoms with Crippen molar-refractivity contribution in [2.75, 3.05) is 29.9 Å². The molecule has 0 radical (unpaired) electrons. The molecule has 0 N–H and O–H groups in total. The molecular formula is C26H27F3N4O2S. The van der Waals surface area contributed by atoms with Gasteiger partial charge in [0.15, 0.2) is 5.11 Å². The van der Waals surface area contributed by atoms with E-state index in [1.54, 1.807) is 36.9 Å². The Bertz CT molecular complexity index is 1240. The van der Waals surface area contributed by atoms with Crippen LogP contribution in [0.2, 0.25) is 0 Å². The number of thiocarbonyl (C=S) groups is 1. The van der Waals surface area contributed by atoms with E-state index < -0.39 is 28.7 Å². The maximum absolute atomic E-state index is 13.6. The first-order chi connectivity index (χ1) is 16.9. The average Bonchev–Trinajstić information content (AvgIpc) is 3.01. The fourth-order valence-corrected chi connectivity index (χ4v) is 4.74. The number of aryl methyl sites for hydroxylation is 1. The number of halogens is 3. The first-order valence-corrected chi connectivity index (χ1v) is 11.8. The molecule has 2 aromatic rings. The van der Waals surface area contributed by atoms with E-state index in [1.807, 2.05) is 7.05 Å². The Labute approximate surface area is 213 Å². The standard InChI is InChI=1S/C26H27F3N4O2S/c1-5-31(4)12-6-7-17-13-21(11-9-19(17)16-34)33-24(36)32(23(35)25(33,2)3)20-10-8-18(15-30)22(14-20)26(27,28)29/h8-11,13-14,16H,5-7,12H2,1-4H3. The minimum atomic E-state index is -4.77. The number of benzene rings is 2. The molecule has 1 fully saturated rings. The molecule has 190 valence electrons. The number of carbonyl (C=O) groups excluding carboxylic acids is 2. The Hall–Kier alpha value is -3.29. The van der Waals surface area contributed by atoms with Crippen LogP contribution in [0.25, 0.3) is 0 Å². The minimum absolute atomic E-state index is 0.0124. The monoisotopic (exact) mass is 516 g/mol. The fraction of sp³-hybridized carbons (Fsp3) is 0.385. The molecule has 6 nitrogen and oxygen atoms in total. The molecule has 0 spiro atoms. The lowest BCUT2D eigenvalue weighted by atomic mass is 9.99. The maximum atomic E-state index is 13.6. The van der Waals surface area contributed by atoms with Gasteiger partial charge in [-0.25, -0.2) is 0 Å². The Kier molecular flexibility index (Phi) is 7.86. The quantitative estimate of drug-likeness (QED) is 0.355. The van der Waals surface area contributed by atoms with Crippen molar-refractivity contribution in [3.63, 3.8) is 0 Å². The molecule has 0 aromatic heterocycles. The predicted molar refractivity (Wildman–Crippen MR) is 136 cm³/mol. The van der Waals surface area contributed by atoms with Gasteiger partial charge in [-0.3, -0.25) is 14.5 Å². The zero-order chi connectivity index (χ0) is 26.8. The zero-order valence-corrected chi connectivity index (χ0v) is 21.3. The lowest BCUT2D eigenvalue weighted by Gasteiger charge is -2.30. The number of alkyl halides is 3. The Balaban J connectivity index is 2.01. The van der Waals surface area contributed by atoms with Gasteiger partial charge in [0.2, 0.25) is 0 Å². The lowest BCUT2D eigenvalue weighted by Crippen LogP contribution is -2.44. The van der Waals surface area contributed by atoms with Gasteiger partial charge in [0.25, 0.3) is 5.91 Å². The second kappa shape index (κ2) is 10.4. The van der Waals surface area contributed by atoms with Crippen LogP contribution in [0.15, 0.2) is 36.4 Å². The van der Waals surface area contributed by atoms with Crippen molar-refractivity contribution in [3.05, 3.63) is 58.7 Å². The van der Waals surface area contributed by atoms with Crippen LogP contribution in [0.1, 0.15) is 54.2 Å². The van der Waals surface area contributed by atoms with Crippen LogP contribution < -0.4 is 9.80 Å². The largest absolute Gasteiger partial charge is 0.417 e. The molecule has 1 heterocycles. The van der Waals surface area contributed by atoms with Gasteiger partial charge in [-0.05, 0) is 101 Å². The lowest BCUT2D eigenvalue weighted by molar-refractivity contribution is -0.137. The molecule has 10 heteroatoms. The Morgan fingerprint density at radius 2 is 1.83 bits per heavy atom. The van der Waals surface area contributed by atoms with E-state index in [2.05, 4.69) is 11.8 Å². The summed E-state index contributed by atoms with van der Waals surface area (Å²) in [5.41, 5.74) is -1.05. The number of nitrogens with zero attached hydrogens (tertiary/aromatic N) is 4. The molecule has 0 bridgehead atoms. The van der Waals surface area contributed by atoms with Crippen LogP contribution in [0.3, 0.4) is 0 Å². The van der Waals surface area contributed by atoms with E-state index in [1.165, 1.54) is 12.1 Å². The molecule has 3 rings (SSSR count). The molecule has 0 saturated carbocycles. The average molecular weight is 517 g/mol. The summed E-state index contributed by atoms with van der Waals surface area (Å²) in [7, 11) is 2.01. The third kappa shape index (κ3) is 5.13. The minimum Gasteiger partial charge on any atom is -0.307 e. The van der Waals surface area contributed by atoms with E-state index in [0.717, 1.165) is 48.4 Å². The summed E-state index contributed by atoms with van der Waals surface area (Å²) in [5, 5.41) is 9.11. The second-order valence-electron chi connectivity index (χ2n) is 9.16. The van der Waals surface area contributed by atoms with E-state index in [0.29, 0.717) is 17.7 Å². The van der Waals surface area contributed by atoms with Crippen LogP contribution in [0.4, 0.5) is 24.5 Å². The van der Waals surface area contributed by atoms with Crippen molar-refractivity contribution in [1.29, 1.82) is 5.26 Å². The number of carbonyl (C=O) groups is 2. The highest BCUT2D eigenvalue weighted by atomic mass is 32.1. The maximum Gasteiger partial charge on any atom is 0.417 e. The highest BCUT2D eigenvalue weighted by molar-refractivity contribution is 7.81. The fourth-order valence-electron chi connectivity index (χ4n) is 4.22. The van der Waals surface area contributed by atoms with Gasteiger partial charge in [0.05, 0.1) is 22.9 Å². The van der Waals surface area contributed by atoms with E-state index >= 15 is 0 Å². The topological polar surface area (TPSA) is 67.7 Å². The first kappa shape index (κ1) is 27.3. The van der Waals surface area contributed by atoms with Crippen molar-refractivity contribution in [2.45, 2.75) is 45.3 Å². The number of hydrogen-bond acceptors (Lipinski definition) is 5. The zero-order valence-electron chi connectivity index (χ0n) is 20.5. The van der Waals surface area contributed by atoms with Crippen LogP contribution in [0, 0.1) is 11.3 Å². The third-order valence-corrected chi connectivity index (χ3v) is 6.76. The summed E-state index contributed by atoms with van der Waals surface area (Å²) in [6.07, 6.45) is -2.54. The van der Waals surface area contributed by atoms with Gasteiger partial charge in [-0.15, -0.1) is 0 Å². The van der Waals surface area contributed by atoms with Gasteiger partial charge in [-0.1, -0.05) is 6.92 Å². The summed E-state index contributed by atoms with van der Waals surface area (Å²) in [6.45, 7) is 7.08. The van der Waals surface area contributed by atoms with Gasteiger partial charge in [-0.2, -0.15) is 18.4 Å². The predicted octanol–water partition coefficient (Wildman–Crippen LogP) is 5.19. The van der Waals surface area contributed by atoms with E-state index in [-0.39, 0.29) is 10.8 Å². The molecule has 1 saturated heterocycles. The first-order valence-electron chi connectivity index (χ1n) is 11.4. The molecule has 0 aliphatic carbocycles. The second-order valence-corrected chi connectivity index (χ2v) is 9.52. The normalized spacial score (nSPS) is 15.5. The van der Waals surface area contributed by atoms with Crippen molar-refractivity contribution in [3.8, 4) is 6.07 Å². The summed E-state index contributed by atoms with van der Waals surface area (Å²) in [4.78, 5) is 29.9. The number of hydrogen-bond donors (Lipinski definition) is 0. The molecule has 1 amide bonds. The molecule has 0 unspecified atom stereocenters.